The average molecular weight is 272 g/mol. The van der Waals surface area contributed by atoms with Gasteiger partial charge in [-0.25, -0.2) is 0 Å². The summed E-state index contributed by atoms with van der Waals surface area (Å²) in [5, 5.41) is 2.87. The van der Waals surface area contributed by atoms with Gasteiger partial charge in [-0.2, -0.15) is 0 Å². The Morgan fingerprint density at radius 2 is 1.52 bits per heavy atom. The average Bonchev–Trinajstić information content (AvgIpc) is 2.89. The van der Waals surface area contributed by atoms with Crippen molar-refractivity contribution in [3.63, 3.8) is 0 Å². The molecule has 0 bridgehead atoms. The van der Waals surface area contributed by atoms with Crippen LogP contribution in [0.3, 0.4) is 0 Å². The van der Waals surface area contributed by atoms with Gasteiger partial charge in [0, 0.05) is 5.92 Å². The van der Waals surface area contributed by atoms with Crippen LogP contribution < -0.4 is 0 Å². The molecule has 1 aliphatic carbocycles. The minimum absolute atomic E-state index is 0.518. The van der Waals surface area contributed by atoms with Gasteiger partial charge in [-0.1, -0.05) is 74.5 Å². The summed E-state index contributed by atoms with van der Waals surface area (Å²) in [6, 6.07) is 22.5. The van der Waals surface area contributed by atoms with Crippen molar-refractivity contribution < 1.29 is 0 Å². The molecule has 0 nitrogen and oxygen atoms in total. The van der Waals surface area contributed by atoms with Crippen molar-refractivity contribution in [2.45, 2.75) is 32.1 Å². The van der Waals surface area contributed by atoms with Crippen LogP contribution in [0.2, 0.25) is 0 Å². The summed E-state index contributed by atoms with van der Waals surface area (Å²) in [4.78, 5) is 0. The molecule has 0 fully saturated rings. The van der Waals surface area contributed by atoms with Crippen LogP contribution in [0.4, 0.5) is 0 Å². The van der Waals surface area contributed by atoms with Gasteiger partial charge in [-0.3, -0.25) is 0 Å². The molecule has 0 amide bonds. The lowest BCUT2D eigenvalue weighted by Crippen LogP contribution is -2.04. The van der Waals surface area contributed by atoms with Crippen molar-refractivity contribution in [2.75, 3.05) is 0 Å². The van der Waals surface area contributed by atoms with Crippen LogP contribution in [0.15, 0.2) is 60.7 Å². The fourth-order valence-electron chi connectivity index (χ4n) is 3.87. The largest absolute Gasteiger partial charge is 0.0620 e. The maximum atomic E-state index is 2.32. The highest BCUT2D eigenvalue weighted by Crippen LogP contribution is 2.43. The number of hydrogen-bond acceptors (Lipinski definition) is 0. The molecule has 4 rings (SSSR count). The Morgan fingerprint density at radius 1 is 0.810 bits per heavy atom. The Kier molecular flexibility index (Phi) is 2.85. The van der Waals surface area contributed by atoms with Crippen molar-refractivity contribution in [2.24, 2.45) is 0 Å². The smallest absolute Gasteiger partial charge is 0.0139 e. The summed E-state index contributed by atoms with van der Waals surface area (Å²) in [6.07, 6.45) is 1.14. The second-order valence-electron chi connectivity index (χ2n) is 6.40. The molecule has 0 heteroatoms. The van der Waals surface area contributed by atoms with E-state index >= 15 is 0 Å². The van der Waals surface area contributed by atoms with Crippen molar-refractivity contribution in [1.82, 2.24) is 0 Å². The van der Waals surface area contributed by atoms with E-state index in [1.807, 2.05) is 0 Å². The fourth-order valence-corrected chi connectivity index (χ4v) is 3.87. The molecule has 1 aliphatic rings. The van der Waals surface area contributed by atoms with Crippen LogP contribution in [0.1, 0.15) is 47.9 Å². The van der Waals surface area contributed by atoms with E-state index in [1.165, 1.54) is 33.0 Å². The molecule has 1 atom stereocenters. The predicted molar refractivity (Wildman–Crippen MR) is 90.0 cm³/mol. The molecular formula is C21H20. The molecule has 0 aliphatic heterocycles. The first-order valence-corrected chi connectivity index (χ1v) is 7.85. The minimum Gasteiger partial charge on any atom is -0.0620 e. The van der Waals surface area contributed by atoms with E-state index in [1.54, 1.807) is 0 Å². The van der Waals surface area contributed by atoms with E-state index in [2.05, 4.69) is 74.5 Å². The molecule has 3 aromatic carbocycles. The SMILES string of the molecule is CC(C)c1ccccc1C1Cc2cccc3cccc1c23. The first-order valence-electron chi connectivity index (χ1n) is 7.85. The maximum absolute atomic E-state index is 2.32. The topological polar surface area (TPSA) is 0 Å². The fraction of sp³-hybridized carbons (Fsp3) is 0.238. The highest BCUT2D eigenvalue weighted by molar-refractivity contribution is 5.92. The van der Waals surface area contributed by atoms with E-state index in [9.17, 15) is 0 Å². The Morgan fingerprint density at radius 3 is 2.33 bits per heavy atom. The summed E-state index contributed by atoms with van der Waals surface area (Å²) in [5.74, 6) is 1.09. The molecule has 0 spiro atoms. The van der Waals surface area contributed by atoms with Crippen molar-refractivity contribution in [3.05, 3.63) is 82.9 Å². The van der Waals surface area contributed by atoms with Gasteiger partial charge in [-0.15, -0.1) is 0 Å². The molecule has 0 aromatic heterocycles. The molecule has 3 aromatic rings. The van der Waals surface area contributed by atoms with Gasteiger partial charge in [0.05, 0.1) is 0 Å². The van der Waals surface area contributed by atoms with Gasteiger partial charge in [0.15, 0.2) is 0 Å². The third-order valence-electron chi connectivity index (χ3n) is 4.82. The van der Waals surface area contributed by atoms with Crippen LogP contribution in [0.25, 0.3) is 10.8 Å². The van der Waals surface area contributed by atoms with Crippen LogP contribution in [0.5, 0.6) is 0 Å². The van der Waals surface area contributed by atoms with E-state index in [0.29, 0.717) is 11.8 Å². The summed E-state index contributed by atoms with van der Waals surface area (Å²) in [7, 11) is 0. The quantitative estimate of drug-likeness (QED) is 0.565. The summed E-state index contributed by atoms with van der Waals surface area (Å²) in [6.45, 7) is 4.59. The Bertz CT molecular complexity index is 806. The van der Waals surface area contributed by atoms with Crippen LogP contribution in [0, 0.1) is 0 Å². The zero-order valence-electron chi connectivity index (χ0n) is 12.6. The molecule has 0 heterocycles. The molecule has 0 saturated heterocycles. The van der Waals surface area contributed by atoms with Gasteiger partial charge in [0.2, 0.25) is 0 Å². The third kappa shape index (κ3) is 1.90. The van der Waals surface area contributed by atoms with Gasteiger partial charge in [0.1, 0.15) is 0 Å². The van der Waals surface area contributed by atoms with E-state index in [0.717, 1.165) is 6.42 Å². The standard InChI is InChI=1S/C21H20/c1-14(2)17-10-3-4-11-18(17)20-13-16-9-5-7-15-8-6-12-19(20)21(15)16/h3-12,14,20H,13H2,1-2H3. The number of rotatable bonds is 2. The van der Waals surface area contributed by atoms with Gasteiger partial charge in [0.25, 0.3) is 0 Å². The molecule has 0 saturated carbocycles. The first kappa shape index (κ1) is 12.6. The van der Waals surface area contributed by atoms with E-state index in [-0.39, 0.29) is 0 Å². The Hall–Kier alpha value is -2.08. The predicted octanol–water partition coefficient (Wildman–Crippen LogP) is 5.65. The number of benzene rings is 3. The number of hydrogen-bond donors (Lipinski definition) is 0. The molecular weight excluding hydrogens is 252 g/mol. The van der Waals surface area contributed by atoms with Crippen LogP contribution >= 0.6 is 0 Å². The van der Waals surface area contributed by atoms with Crippen molar-refractivity contribution >= 4 is 10.8 Å². The molecule has 1 unspecified atom stereocenters. The zero-order chi connectivity index (χ0) is 14.4. The van der Waals surface area contributed by atoms with Crippen molar-refractivity contribution in [3.8, 4) is 0 Å². The van der Waals surface area contributed by atoms with Crippen LogP contribution in [-0.4, -0.2) is 0 Å². The monoisotopic (exact) mass is 272 g/mol. The van der Waals surface area contributed by atoms with Gasteiger partial charge >= 0.3 is 0 Å². The molecule has 0 N–H and O–H groups in total. The maximum Gasteiger partial charge on any atom is 0.0139 e. The van der Waals surface area contributed by atoms with E-state index in [4.69, 9.17) is 0 Å². The highest BCUT2D eigenvalue weighted by Gasteiger charge is 2.27. The summed E-state index contributed by atoms with van der Waals surface area (Å²) < 4.78 is 0. The molecule has 0 radical (unpaired) electrons. The minimum atomic E-state index is 0.518. The van der Waals surface area contributed by atoms with Gasteiger partial charge in [-0.05, 0) is 45.4 Å². The molecule has 21 heavy (non-hydrogen) atoms. The second kappa shape index (κ2) is 4.73. The van der Waals surface area contributed by atoms with Gasteiger partial charge < -0.3 is 0 Å². The lowest BCUT2D eigenvalue weighted by atomic mass is 9.85. The normalized spacial score (nSPS) is 16.8. The summed E-state index contributed by atoms with van der Waals surface area (Å²) >= 11 is 0. The molecule has 104 valence electrons. The lowest BCUT2D eigenvalue weighted by molar-refractivity contribution is 0.785. The van der Waals surface area contributed by atoms with Crippen LogP contribution in [-0.2, 0) is 6.42 Å². The first-order chi connectivity index (χ1) is 10.3. The second-order valence-corrected chi connectivity index (χ2v) is 6.40. The highest BCUT2D eigenvalue weighted by atomic mass is 14.3. The Balaban J connectivity index is 1.93. The summed E-state index contributed by atoms with van der Waals surface area (Å²) in [5.41, 5.74) is 6.02. The zero-order valence-corrected chi connectivity index (χ0v) is 12.6. The Labute approximate surface area is 126 Å². The lowest BCUT2D eigenvalue weighted by Gasteiger charge is -2.19. The third-order valence-corrected chi connectivity index (χ3v) is 4.82. The van der Waals surface area contributed by atoms with E-state index < -0.39 is 0 Å². The van der Waals surface area contributed by atoms with Crippen molar-refractivity contribution in [1.29, 1.82) is 0 Å².